The van der Waals surface area contributed by atoms with Gasteiger partial charge in [-0.1, -0.05) is 0 Å². The normalized spacial score (nSPS) is 13.2. The van der Waals surface area contributed by atoms with Gasteiger partial charge >= 0.3 is 0 Å². The summed E-state index contributed by atoms with van der Waals surface area (Å²) < 4.78 is 47.1. The number of halogens is 4. The second kappa shape index (κ2) is 3.18. The van der Waals surface area contributed by atoms with Crippen LogP contribution in [0.15, 0.2) is 0 Å². The molecule has 0 amide bonds. The van der Waals surface area contributed by atoms with Crippen LogP contribution in [0.25, 0.3) is 0 Å². The average molecular weight is 159 g/mol. The van der Waals surface area contributed by atoms with E-state index in [1.165, 1.54) is 0 Å². The maximum atomic E-state index is 11.8. The predicted octanol–water partition coefficient (Wildman–Crippen LogP) is 1.48. The molecule has 62 valence electrons. The molecule has 5 heteroatoms. The van der Waals surface area contributed by atoms with E-state index in [9.17, 15) is 17.6 Å². The Morgan fingerprint density at radius 1 is 1.20 bits per heavy atom. The summed E-state index contributed by atoms with van der Waals surface area (Å²) in [5.74, 6) is 0. The Balaban J connectivity index is 4.23. The monoisotopic (exact) mass is 159 g/mol. The highest BCUT2D eigenvalue weighted by atomic mass is 19.3. The van der Waals surface area contributed by atoms with Crippen molar-refractivity contribution in [3.63, 3.8) is 0 Å². The predicted molar refractivity (Wildman–Crippen MR) is 29.2 cm³/mol. The third-order valence-electron chi connectivity index (χ3n) is 1.44. The molecule has 0 bridgehead atoms. The summed E-state index contributed by atoms with van der Waals surface area (Å²) in [5.41, 5.74) is 2.40. The summed E-state index contributed by atoms with van der Waals surface area (Å²) in [7, 11) is 0. The van der Waals surface area contributed by atoms with Gasteiger partial charge in [0.25, 0.3) is 12.9 Å². The zero-order valence-electron chi connectivity index (χ0n) is 5.45. The fraction of sp³-hybridized carbons (Fsp3) is 1.00. The third kappa shape index (κ3) is 1.59. The smallest absolute Gasteiger partial charge is 0.250 e. The van der Waals surface area contributed by atoms with Crippen molar-refractivity contribution in [3.8, 4) is 0 Å². The molecule has 0 unspecified atom stereocenters. The lowest BCUT2D eigenvalue weighted by Gasteiger charge is -2.25. The Bertz CT molecular complexity index is 95.8. The van der Waals surface area contributed by atoms with Crippen LogP contribution in [0.4, 0.5) is 17.6 Å². The summed E-state index contributed by atoms with van der Waals surface area (Å²) in [5, 5.41) is 0. The van der Waals surface area contributed by atoms with Crippen LogP contribution >= 0.6 is 0 Å². The van der Waals surface area contributed by atoms with Crippen molar-refractivity contribution in [1.29, 1.82) is 0 Å². The molecule has 0 fully saturated rings. The lowest BCUT2D eigenvalue weighted by Crippen LogP contribution is -2.40. The minimum absolute atomic E-state index is 0.706. The molecule has 0 radical (unpaired) electrons. The number of rotatable bonds is 3. The molecular weight excluding hydrogens is 150 g/mol. The molecule has 1 nitrogen and oxygen atoms in total. The number of hydrogen-bond donors (Lipinski definition) is 1. The maximum absolute atomic E-state index is 11.8. The Labute approximate surface area is 56.2 Å². The molecule has 10 heavy (non-hydrogen) atoms. The summed E-state index contributed by atoms with van der Waals surface area (Å²) >= 11 is 0. The van der Waals surface area contributed by atoms with Gasteiger partial charge in [-0.15, -0.1) is 0 Å². The quantitative estimate of drug-likeness (QED) is 0.620. The molecular formula is C5H9F4N. The second-order valence-corrected chi connectivity index (χ2v) is 2.31. The summed E-state index contributed by atoms with van der Waals surface area (Å²) in [6.45, 7) is 0.0602. The van der Waals surface area contributed by atoms with Gasteiger partial charge < -0.3 is 5.73 Å². The van der Waals surface area contributed by atoms with Crippen LogP contribution < -0.4 is 5.73 Å². The van der Waals surface area contributed by atoms with Gasteiger partial charge in [0.2, 0.25) is 0 Å². The van der Waals surface area contributed by atoms with Gasteiger partial charge in [-0.2, -0.15) is 0 Å². The minimum atomic E-state index is -3.07. The Hall–Kier alpha value is -0.320. The van der Waals surface area contributed by atoms with Crippen LogP contribution in [0.5, 0.6) is 0 Å². The van der Waals surface area contributed by atoms with Gasteiger partial charge in [0, 0.05) is 6.54 Å². The Morgan fingerprint density at radius 3 is 1.50 bits per heavy atom. The SMILES string of the molecule is CC(CN)(C(F)F)C(F)F. The zero-order valence-corrected chi connectivity index (χ0v) is 5.45. The average Bonchev–Trinajstić information content (AvgIpc) is 1.85. The zero-order chi connectivity index (χ0) is 8.36. The molecule has 0 saturated heterocycles. The first-order valence-electron chi connectivity index (χ1n) is 2.71. The van der Waals surface area contributed by atoms with Crippen molar-refractivity contribution in [1.82, 2.24) is 0 Å². The number of hydrogen-bond acceptors (Lipinski definition) is 1. The first-order valence-corrected chi connectivity index (χ1v) is 2.71. The molecule has 0 rings (SSSR count). The number of alkyl halides is 4. The van der Waals surface area contributed by atoms with E-state index in [1.807, 2.05) is 0 Å². The largest absolute Gasteiger partial charge is 0.329 e. The molecule has 0 heterocycles. The molecule has 2 N–H and O–H groups in total. The van der Waals surface area contributed by atoms with E-state index in [4.69, 9.17) is 5.73 Å². The highest BCUT2D eigenvalue weighted by Crippen LogP contribution is 2.31. The maximum Gasteiger partial charge on any atom is 0.250 e. The lowest BCUT2D eigenvalue weighted by atomic mass is 9.92. The van der Waals surface area contributed by atoms with E-state index in [2.05, 4.69) is 0 Å². The van der Waals surface area contributed by atoms with Gasteiger partial charge in [0.1, 0.15) is 5.41 Å². The summed E-state index contributed by atoms with van der Waals surface area (Å²) in [4.78, 5) is 0. The molecule has 0 aliphatic heterocycles. The van der Waals surface area contributed by atoms with E-state index in [-0.39, 0.29) is 0 Å². The van der Waals surface area contributed by atoms with Crippen molar-refractivity contribution in [2.75, 3.05) is 6.54 Å². The van der Waals surface area contributed by atoms with E-state index < -0.39 is 24.8 Å². The van der Waals surface area contributed by atoms with E-state index in [0.29, 0.717) is 0 Å². The van der Waals surface area contributed by atoms with Crippen molar-refractivity contribution in [3.05, 3.63) is 0 Å². The van der Waals surface area contributed by atoms with Crippen LogP contribution in [-0.4, -0.2) is 19.4 Å². The molecule has 0 saturated carbocycles. The molecule has 0 aliphatic carbocycles. The topological polar surface area (TPSA) is 26.0 Å². The van der Waals surface area contributed by atoms with Gasteiger partial charge in [0.05, 0.1) is 0 Å². The lowest BCUT2D eigenvalue weighted by molar-refractivity contribution is -0.0911. The molecule has 0 aromatic rings. The molecule has 0 spiro atoms. The van der Waals surface area contributed by atoms with Gasteiger partial charge in [-0.25, -0.2) is 17.6 Å². The molecule has 0 aromatic carbocycles. The van der Waals surface area contributed by atoms with Gasteiger partial charge in [-0.05, 0) is 6.92 Å². The summed E-state index contributed by atoms with van der Waals surface area (Å²) in [6.07, 6.45) is -6.14. The standard InChI is InChI=1S/C5H9F4N/c1-5(2-10,3(6)7)4(8)9/h3-4H,2,10H2,1H3. The Kier molecular flexibility index (Phi) is 3.08. The summed E-state index contributed by atoms with van der Waals surface area (Å²) in [6, 6.07) is 0. The molecule has 0 atom stereocenters. The van der Waals surface area contributed by atoms with Gasteiger partial charge in [-0.3, -0.25) is 0 Å². The Morgan fingerprint density at radius 2 is 1.50 bits per heavy atom. The minimum Gasteiger partial charge on any atom is -0.329 e. The fourth-order valence-electron chi connectivity index (χ4n) is 0.273. The first-order chi connectivity index (χ1) is 4.45. The van der Waals surface area contributed by atoms with Crippen molar-refractivity contribution >= 4 is 0 Å². The second-order valence-electron chi connectivity index (χ2n) is 2.31. The van der Waals surface area contributed by atoms with Crippen LogP contribution in [-0.2, 0) is 0 Å². The van der Waals surface area contributed by atoms with Crippen molar-refractivity contribution < 1.29 is 17.6 Å². The fourth-order valence-corrected chi connectivity index (χ4v) is 0.273. The van der Waals surface area contributed by atoms with Crippen LogP contribution in [0, 0.1) is 5.41 Å². The van der Waals surface area contributed by atoms with Crippen LogP contribution in [0.3, 0.4) is 0 Å². The van der Waals surface area contributed by atoms with Crippen LogP contribution in [0.1, 0.15) is 6.92 Å². The van der Waals surface area contributed by atoms with Crippen molar-refractivity contribution in [2.45, 2.75) is 19.8 Å². The van der Waals surface area contributed by atoms with Gasteiger partial charge in [0.15, 0.2) is 0 Å². The van der Waals surface area contributed by atoms with E-state index in [0.717, 1.165) is 6.92 Å². The highest BCUT2D eigenvalue weighted by molar-refractivity contribution is 4.80. The molecule has 0 aromatic heterocycles. The molecule has 0 aliphatic rings. The highest BCUT2D eigenvalue weighted by Gasteiger charge is 2.42. The first kappa shape index (κ1) is 9.68. The van der Waals surface area contributed by atoms with Crippen LogP contribution in [0.2, 0.25) is 0 Å². The number of nitrogens with two attached hydrogens (primary N) is 1. The third-order valence-corrected chi connectivity index (χ3v) is 1.44. The van der Waals surface area contributed by atoms with E-state index in [1.54, 1.807) is 0 Å². The van der Waals surface area contributed by atoms with E-state index >= 15 is 0 Å². The van der Waals surface area contributed by atoms with Crippen molar-refractivity contribution in [2.24, 2.45) is 11.1 Å².